The van der Waals surface area contributed by atoms with Gasteiger partial charge in [0, 0.05) is 34.1 Å². The van der Waals surface area contributed by atoms with Crippen LogP contribution in [-0.4, -0.2) is 23.8 Å². The Labute approximate surface area is 171 Å². The standard InChI is InChI=1S/C25H28N2S/c1-28-21-8-10-25-23(16-21)22-14-17(7-9-24(22)27-25)13-20-15-19(11-12-26-20)18-5-3-2-4-6-18/h2-6,8,10-11,16-17,20,26-27H,7,9,12-15H2,1H3. The minimum atomic E-state index is 0.596. The van der Waals surface area contributed by atoms with Crippen LogP contribution in [0.4, 0.5) is 0 Å². The number of benzene rings is 2. The van der Waals surface area contributed by atoms with Crippen LogP contribution in [0.5, 0.6) is 0 Å². The summed E-state index contributed by atoms with van der Waals surface area (Å²) < 4.78 is 0. The van der Waals surface area contributed by atoms with Gasteiger partial charge in [-0.15, -0.1) is 11.8 Å². The zero-order chi connectivity index (χ0) is 18.9. The fraction of sp³-hybridized carbons (Fsp3) is 0.360. The number of rotatable bonds is 4. The highest BCUT2D eigenvalue weighted by molar-refractivity contribution is 7.98. The third-order valence-corrected chi connectivity index (χ3v) is 7.21. The van der Waals surface area contributed by atoms with E-state index in [4.69, 9.17) is 0 Å². The van der Waals surface area contributed by atoms with E-state index in [1.54, 1.807) is 5.56 Å². The Kier molecular flexibility index (Phi) is 5.04. The number of nitrogens with one attached hydrogen (secondary N) is 2. The molecule has 28 heavy (non-hydrogen) atoms. The third kappa shape index (κ3) is 3.54. The zero-order valence-corrected chi connectivity index (χ0v) is 17.3. The summed E-state index contributed by atoms with van der Waals surface area (Å²) >= 11 is 1.83. The molecule has 2 N–H and O–H groups in total. The molecule has 2 aliphatic rings. The van der Waals surface area contributed by atoms with E-state index in [9.17, 15) is 0 Å². The molecular weight excluding hydrogens is 360 g/mol. The van der Waals surface area contributed by atoms with Crippen molar-refractivity contribution in [2.75, 3.05) is 12.8 Å². The number of aryl methyl sites for hydroxylation is 1. The highest BCUT2D eigenvalue weighted by atomic mass is 32.2. The van der Waals surface area contributed by atoms with Gasteiger partial charge in [-0.1, -0.05) is 36.4 Å². The van der Waals surface area contributed by atoms with Gasteiger partial charge >= 0.3 is 0 Å². The summed E-state index contributed by atoms with van der Waals surface area (Å²) in [6, 6.07) is 18.4. The van der Waals surface area contributed by atoms with Crippen LogP contribution in [0, 0.1) is 5.92 Å². The summed E-state index contributed by atoms with van der Waals surface area (Å²) in [5, 5.41) is 5.20. The lowest BCUT2D eigenvalue weighted by Crippen LogP contribution is -2.35. The van der Waals surface area contributed by atoms with E-state index in [-0.39, 0.29) is 0 Å². The molecular formula is C25H28N2S. The molecule has 0 saturated heterocycles. The summed E-state index contributed by atoms with van der Waals surface area (Å²) in [6.07, 6.45) is 10.7. The first-order valence-corrected chi connectivity index (χ1v) is 11.7. The lowest BCUT2D eigenvalue weighted by molar-refractivity contribution is 0.356. The maximum atomic E-state index is 3.75. The van der Waals surface area contributed by atoms with E-state index < -0.39 is 0 Å². The van der Waals surface area contributed by atoms with Crippen LogP contribution in [-0.2, 0) is 12.8 Å². The number of H-pyrrole nitrogens is 1. The van der Waals surface area contributed by atoms with Crippen molar-refractivity contribution in [1.82, 2.24) is 10.3 Å². The summed E-state index contributed by atoms with van der Waals surface area (Å²) in [5.41, 5.74) is 7.27. The van der Waals surface area contributed by atoms with E-state index in [1.807, 2.05) is 11.8 Å². The highest BCUT2D eigenvalue weighted by Gasteiger charge is 2.26. The van der Waals surface area contributed by atoms with Gasteiger partial charge in [-0.25, -0.2) is 0 Å². The maximum absolute atomic E-state index is 3.75. The van der Waals surface area contributed by atoms with Crippen molar-refractivity contribution in [1.29, 1.82) is 0 Å². The second kappa shape index (κ2) is 7.81. The van der Waals surface area contributed by atoms with Crippen LogP contribution >= 0.6 is 11.8 Å². The second-order valence-corrected chi connectivity index (χ2v) is 9.12. The Bertz CT molecular complexity index is 1000. The van der Waals surface area contributed by atoms with Crippen molar-refractivity contribution in [3.05, 3.63) is 71.4 Å². The fourth-order valence-corrected chi connectivity index (χ4v) is 5.46. The van der Waals surface area contributed by atoms with Gasteiger partial charge in [0.15, 0.2) is 0 Å². The highest BCUT2D eigenvalue weighted by Crippen LogP contribution is 2.36. The van der Waals surface area contributed by atoms with E-state index in [1.165, 1.54) is 58.3 Å². The van der Waals surface area contributed by atoms with E-state index in [0.717, 1.165) is 18.9 Å². The molecule has 2 atom stereocenters. The number of hydrogen-bond acceptors (Lipinski definition) is 2. The number of thioether (sulfide) groups is 1. The molecule has 3 heteroatoms. The molecule has 0 spiro atoms. The Morgan fingerprint density at radius 2 is 1.96 bits per heavy atom. The van der Waals surface area contributed by atoms with Gasteiger partial charge in [0.25, 0.3) is 0 Å². The van der Waals surface area contributed by atoms with Crippen molar-refractivity contribution in [3.8, 4) is 0 Å². The molecule has 0 bridgehead atoms. The quantitative estimate of drug-likeness (QED) is 0.550. The Morgan fingerprint density at radius 1 is 1.07 bits per heavy atom. The van der Waals surface area contributed by atoms with Crippen molar-refractivity contribution in [2.45, 2.75) is 43.0 Å². The molecule has 5 rings (SSSR count). The maximum Gasteiger partial charge on any atom is 0.0459 e. The molecule has 0 fully saturated rings. The minimum Gasteiger partial charge on any atom is -0.358 e. The zero-order valence-electron chi connectivity index (χ0n) is 16.5. The lowest BCUT2D eigenvalue weighted by atomic mass is 9.80. The molecule has 3 aromatic rings. The number of fused-ring (bicyclic) bond motifs is 3. The molecule has 2 nitrogen and oxygen atoms in total. The summed E-state index contributed by atoms with van der Waals surface area (Å²) in [6.45, 7) is 0.997. The smallest absolute Gasteiger partial charge is 0.0459 e. The molecule has 1 aliphatic heterocycles. The first kappa shape index (κ1) is 18.1. The van der Waals surface area contributed by atoms with Crippen LogP contribution < -0.4 is 5.32 Å². The van der Waals surface area contributed by atoms with Crippen LogP contribution in [0.2, 0.25) is 0 Å². The second-order valence-electron chi connectivity index (χ2n) is 8.24. The van der Waals surface area contributed by atoms with Gasteiger partial charge in [0.05, 0.1) is 0 Å². The molecule has 2 aromatic carbocycles. The Balaban J connectivity index is 1.31. The third-order valence-electron chi connectivity index (χ3n) is 6.48. The predicted molar refractivity (Wildman–Crippen MR) is 121 cm³/mol. The van der Waals surface area contributed by atoms with E-state index in [2.05, 4.69) is 71.2 Å². The average molecular weight is 389 g/mol. The van der Waals surface area contributed by atoms with Gasteiger partial charge in [-0.05, 0) is 79.2 Å². The average Bonchev–Trinajstić information content (AvgIpc) is 3.12. The van der Waals surface area contributed by atoms with Crippen molar-refractivity contribution in [2.24, 2.45) is 5.92 Å². The van der Waals surface area contributed by atoms with E-state index in [0.29, 0.717) is 6.04 Å². The van der Waals surface area contributed by atoms with Gasteiger partial charge in [0.2, 0.25) is 0 Å². The molecule has 144 valence electrons. The fourth-order valence-electron chi connectivity index (χ4n) is 5.02. The first-order chi connectivity index (χ1) is 13.8. The Hall–Kier alpha value is -1.97. The van der Waals surface area contributed by atoms with Crippen LogP contribution in [0.1, 0.15) is 36.1 Å². The normalized spacial score (nSPS) is 22.1. The lowest BCUT2D eigenvalue weighted by Gasteiger charge is -2.30. The molecule has 2 heterocycles. The van der Waals surface area contributed by atoms with Crippen molar-refractivity contribution >= 4 is 28.2 Å². The molecule has 1 aliphatic carbocycles. The number of aromatic amines is 1. The van der Waals surface area contributed by atoms with Gasteiger partial charge in [-0.2, -0.15) is 0 Å². The van der Waals surface area contributed by atoms with Crippen LogP contribution in [0.25, 0.3) is 16.5 Å². The van der Waals surface area contributed by atoms with Gasteiger partial charge in [-0.3, -0.25) is 0 Å². The molecule has 1 aromatic heterocycles. The van der Waals surface area contributed by atoms with Crippen molar-refractivity contribution < 1.29 is 0 Å². The van der Waals surface area contributed by atoms with E-state index >= 15 is 0 Å². The number of hydrogen-bond donors (Lipinski definition) is 2. The molecule has 2 unspecified atom stereocenters. The predicted octanol–water partition coefficient (Wildman–Crippen LogP) is 5.83. The topological polar surface area (TPSA) is 27.8 Å². The minimum absolute atomic E-state index is 0.596. The summed E-state index contributed by atoms with van der Waals surface area (Å²) in [4.78, 5) is 5.05. The van der Waals surface area contributed by atoms with Crippen LogP contribution in [0.15, 0.2) is 59.5 Å². The van der Waals surface area contributed by atoms with Crippen molar-refractivity contribution in [3.63, 3.8) is 0 Å². The molecule has 0 radical (unpaired) electrons. The monoisotopic (exact) mass is 388 g/mol. The van der Waals surface area contributed by atoms with Gasteiger partial charge < -0.3 is 10.3 Å². The van der Waals surface area contributed by atoms with Gasteiger partial charge in [0.1, 0.15) is 0 Å². The molecule has 0 saturated carbocycles. The summed E-state index contributed by atoms with van der Waals surface area (Å²) in [7, 11) is 0. The Morgan fingerprint density at radius 3 is 2.82 bits per heavy atom. The summed E-state index contributed by atoms with van der Waals surface area (Å²) in [5.74, 6) is 0.775. The largest absolute Gasteiger partial charge is 0.358 e. The van der Waals surface area contributed by atoms with Crippen LogP contribution in [0.3, 0.4) is 0 Å². The first-order valence-electron chi connectivity index (χ1n) is 10.5. The molecule has 0 amide bonds. The SMILES string of the molecule is CSc1ccc2[nH]c3c(c2c1)CC(CC1CC(c2ccccc2)=CCN1)CC3. The number of aromatic nitrogens is 1.